The molecule has 0 spiro atoms. The van der Waals surface area contributed by atoms with Gasteiger partial charge in [-0.15, -0.1) is 0 Å². The van der Waals surface area contributed by atoms with Crippen molar-refractivity contribution < 1.29 is 23.8 Å². The zero-order chi connectivity index (χ0) is 25.8. The van der Waals surface area contributed by atoms with E-state index in [-0.39, 0.29) is 18.3 Å². The van der Waals surface area contributed by atoms with Crippen LogP contribution in [0.5, 0.6) is 17.4 Å². The van der Waals surface area contributed by atoms with Gasteiger partial charge >= 0.3 is 0 Å². The predicted octanol–water partition coefficient (Wildman–Crippen LogP) is 4.07. The molecule has 1 fully saturated rings. The summed E-state index contributed by atoms with van der Waals surface area (Å²) in [5.74, 6) is -0.770. The highest BCUT2D eigenvalue weighted by molar-refractivity contribution is 5.96. The number of aryl methyl sites for hydroxylation is 1. The molecule has 2 heterocycles. The lowest BCUT2D eigenvalue weighted by Crippen LogP contribution is -2.37. The summed E-state index contributed by atoms with van der Waals surface area (Å²) in [5, 5.41) is 10.8. The zero-order valence-electron chi connectivity index (χ0n) is 20.7. The summed E-state index contributed by atoms with van der Waals surface area (Å²) < 4.78 is 26.6. The molecule has 3 aromatic rings. The predicted molar refractivity (Wildman–Crippen MR) is 133 cm³/mol. The van der Waals surface area contributed by atoms with Gasteiger partial charge in [-0.1, -0.05) is 37.6 Å². The van der Waals surface area contributed by atoms with E-state index in [4.69, 9.17) is 9.47 Å². The first-order valence-electron chi connectivity index (χ1n) is 12.0. The molecule has 0 saturated carbocycles. The molecule has 1 saturated heterocycles. The van der Waals surface area contributed by atoms with E-state index in [0.29, 0.717) is 54.4 Å². The number of aromatic nitrogens is 2. The van der Waals surface area contributed by atoms with Gasteiger partial charge in [-0.25, -0.2) is 4.39 Å². The molecule has 190 valence electrons. The molecule has 1 atom stereocenters. The van der Waals surface area contributed by atoms with Crippen molar-refractivity contribution in [2.24, 2.45) is 0 Å². The Bertz CT molecular complexity index is 1300. The molecule has 1 aliphatic rings. The Morgan fingerprint density at radius 2 is 1.83 bits per heavy atom. The number of likely N-dealkylation sites (tertiary alicyclic amines) is 1. The van der Waals surface area contributed by atoms with Crippen LogP contribution in [-0.2, 0) is 6.42 Å². The molecule has 4 rings (SSSR count). The van der Waals surface area contributed by atoms with Crippen LogP contribution in [-0.4, -0.2) is 52.8 Å². The van der Waals surface area contributed by atoms with Crippen molar-refractivity contribution in [1.82, 2.24) is 14.5 Å². The van der Waals surface area contributed by atoms with Gasteiger partial charge in [-0.2, -0.15) is 4.98 Å². The number of amides is 1. The van der Waals surface area contributed by atoms with E-state index in [1.807, 2.05) is 6.92 Å². The molecule has 1 aromatic heterocycles. The van der Waals surface area contributed by atoms with Crippen LogP contribution in [0.4, 0.5) is 4.39 Å². The third kappa shape index (κ3) is 4.65. The molecule has 8 nitrogen and oxygen atoms in total. The number of hydrogen-bond acceptors (Lipinski definition) is 6. The minimum absolute atomic E-state index is 0.203. The van der Waals surface area contributed by atoms with Crippen LogP contribution in [0.3, 0.4) is 0 Å². The molecule has 0 aliphatic carbocycles. The van der Waals surface area contributed by atoms with Crippen LogP contribution in [0.2, 0.25) is 0 Å². The van der Waals surface area contributed by atoms with Crippen LogP contribution >= 0.6 is 0 Å². The standard InChI is InChI=1S/C27H30FN3O5/c1-4-5-13-22-29-25(32)23(27(34)31(22)24-20(35-2)11-8-12-21(24)36-3)26(33)30-15-14-17(16-30)18-9-6-7-10-19(18)28/h6-12,17,32H,4-5,13-16H2,1-3H3. The van der Waals surface area contributed by atoms with Crippen LogP contribution in [0.25, 0.3) is 5.69 Å². The van der Waals surface area contributed by atoms with Crippen molar-refractivity contribution in [2.75, 3.05) is 27.3 Å². The summed E-state index contributed by atoms with van der Waals surface area (Å²) in [6.07, 6.45) is 2.50. The van der Waals surface area contributed by atoms with Gasteiger partial charge in [0.1, 0.15) is 28.8 Å². The summed E-state index contributed by atoms with van der Waals surface area (Å²) >= 11 is 0. The molecule has 1 N–H and O–H groups in total. The summed E-state index contributed by atoms with van der Waals surface area (Å²) in [6, 6.07) is 11.6. The summed E-state index contributed by atoms with van der Waals surface area (Å²) in [5.41, 5.74) is -0.305. The maximum absolute atomic E-state index is 14.3. The van der Waals surface area contributed by atoms with E-state index in [1.165, 1.54) is 29.8 Å². The number of methoxy groups -OCH3 is 2. The van der Waals surface area contributed by atoms with Crippen molar-refractivity contribution in [2.45, 2.75) is 38.5 Å². The quantitative estimate of drug-likeness (QED) is 0.507. The van der Waals surface area contributed by atoms with E-state index >= 15 is 0 Å². The fourth-order valence-corrected chi connectivity index (χ4v) is 4.69. The van der Waals surface area contributed by atoms with E-state index in [1.54, 1.807) is 36.4 Å². The van der Waals surface area contributed by atoms with E-state index in [9.17, 15) is 19.1 Å². The van der Waals surface area contributed by atoms with Gasteiger partial charge in [-0.3, -0.25) is 14.2 Å². The average Bonchev–Trinajstić information content (AvgIpc) is 3.37. The second-order valence-corrected chi connectivity index (χ2v) is 8.74. The van der Waals surface area contributed by atoms with Gasteiger partial charge < -0.3 is 19.5 Å². The third-order valence-electron chi connectivity index (χ3n) is 6.55. The lowest BCUT2D eigenvalue weighted by Gasteiger charge is -2.21. The van der Waals surface area contributed by atoms with Crippen molar-refractivity contribution in [3.63, 3.8) is 0 Å². The summed E-state index contributed by atoms with van der Waals surface area (Å²) in [6.45, 7) is 2.56. The summed E-state index contributed by atoms with van der Waals surface area (Å²) in [4.78, 5) is 33.1. The molecule has 2 aromatic carbocycles. The van der Waals surface area contributed by atoms with Gasteiger partial charge in [0.2, 0.25) is 5.88 Å². The van der Waals surface area contributed by atoms with E-state index in [0.717, 1.165) is 6.42 Å². The number of rotatable bonds is 8. The molecular formula is C27H30FN3O5. The average molecular weight is 496 g/mol. The Morgan fingerprint density at radius 1 is 1.14 bits per heavy atom. The minimum atomic E-state index is -0.712. The topological polar surface area (TPSA) is 93.9 Å². The molecule has 9 heteroatoms. The Hall–Kier alpha value is -3.88. The van der Waals surface area contributed by atoms with E-state index < -0.39 is 22.9 Å². The summed E-state index contributed by atoms with van der Waals surface area (Å²) in [7, 11) is 2.95. The lowest BCUT2D eigenvalue weighted by molar-refractivity contribution is 0.0784. The second kappa shape index (κ2) is 10.8. The highest BCUT2D eigenvalue weighted by Crippen LogP contribution is 2.34. The molecule has 1 unspecified atom stereocenters. The van der Waals surface area contributed by atoms with Crippen molar-refractivity contribution in [3.8, 4) is 23.1 Å². The molecule has 1 amide bonds. The van der Waals surface area contributed by atoms with Gasteiger partial charge in [0.05, 0.1) is 14.2 Å². The maximum atomic E-state index is 14.3. The lowest BCUT2D eigenvalue weighted by atomic mass is 9.98. The van der Waals surface area contributed by atoms with Gasteiger partial charge in [0.15, 0.2) is 5.56 Å². The number of halogens is 1. The Morgan fingerprint density at radius 3 is 2.47 bits per heavy atom. The van der Waals surface area contributed by atoms with Crippen molar-refractivity contribution >= 4 is 5.91 Å². The fraction of sp³-hybridized carbons (Fsp3) is 0.370. The maximum Gasteiger partial charge on any atom is 0.275 e. The Balaban J connectivity index is 1.80. The highest BCUT2D eigenvalue weighted by atomic mass is 19.1. The van der Waals surface area contributed by atoms with Crippen LogP contribution in [0.15, 0.2) is 47.3 Å². The largest absolute Gasteiger partial charge is 0.494 e. The first kappa shape index (κ1) is 25.2. The smallest absolute Gasteiger partial charge is 0.275 e. The number of unbranched alkanes of at least 4 members (excludes halogenated alkanes) is 1. The number of aromatic hydroxyl groups is 1. The first-order valence-corrected chi connectivity index (χ1v) is 12.0. The van der Waals surface area contributed by atoms with Crippen molar-refractivity contribution in [1.29, 1.82) is 0 Å². The Kier molecular flexibility index (Phi) is 7.57. The molecular weight excluding hydrogens is 465 g/mol. The first-order chi connectivity index (χ1) is 17.4. The molecule has 0 bridgehead atoms. The minimum Gasteiger partial charge on any atom is -0.494 e. The van der Waals surface area contributed by atoms with Crippen LogP contribution < -0.4 is 15.0 Å². The number of ether oxygens (including phenoxy) is 2. The molecule has 1 aliphatic heterocycles. The zero-order valence-corrected chi connectivity index (χ0v) is 20.7. The van der Waals surface area contributed by atoms with Crippen LogP contribution in [0, 0.1) is 5.82 Å². The third-order valence-corrected chi connectivity index (χ3v) is 6.55. The normalized spacial score (nSPS) is 15.2. The Labute approximate surface area is 208 Å². The van der Waals surface area contributed by atoms with Gasteiger partial charge in [0, 0.05) is 25.4 Å². The monoisotopic (exact) mass is 495 g/mol. The van der Waals surface area contributed by atoms with Gasteiger partial charge in [0.25, 0.3) is 11.5 Å². The number of para-hydroxylation sites is 1. The molecule has 0 radical (unpaired) electrons. The van der Waals surface area contributed by atoms with E-state index in [2.05, 4.69) is 4.98 Å². The fourth-order valence-electron chi connectivity index (χ4n) is 4.69. The number of hydrogen-bond donors (Lipinski definition) is 1. The molecule has 36 heavy (non-hydrogen) atoms. The SMILES string of the molecule is CCCCc1nc(O)c(C(=O)N2CCC(c3ccccc3F)C2)c(=O)n1-c1c(OC)cccc1OC. The number of carbonyl (C=O) groups is 1. The van der Waals surface area contributed by atoms with Crippen LogP contribution in [0.1, 0.15) is 53.8 Å². The van der Waals surface area contributed by atoms with Crippen molar-refractivity contribution in [3.05, 3.63) is 75.6 Å². The number of benzene rings is 2. The highest BCUT2D eigenvalue weighted by Gasteiger charge is 2.34. The number of nitrogens with zero attached hydrogens (tertiary/aromatic N) is 3. The second-order valence-electron chi connectivity index (χ2n) is 8.74. The number of carbonyl (C=O) groups excluding carboxylic acids is 1. The van der Waals surface area contributed by atoms with Gasteiger partial charge in [-0.05, 0) is 36.6 Å².